The molecule has 0 bridgehead atoms. The average Bonchev–Trinajstić information content (AvgIpc) is 2.41. The molecule has 1 nitrogen and oxygen atoms in total. The number of rotatable bonds is 3. The van der Waals surface area contributed by atoms with Gasteiger partial charge in [-0.1, -0.05) is 49.4 Å². The fraction of sp³-hybridized carbons (Fsp3) is 0.235. The quantitative estimate of drug-likeness (QED) is 0.736. The predicted octanol–water partition coefficient (Wildman–Crippen LogP) is 4.10. The van der Waals surface area contributed by atoms with Crippen LogP contribution in [0.3, 0.4) is 0 Å². The molecule has 0 N–H and O–H groups in total. The van der Waals surface area contributed by atoms with Gasteiger partial charge in [-0.25, -0.2) is 0 Å². The molecule has 0 atom stereocenters. The first-order valence-electron chi connectivity index (χ1n) is 6.33. The van der Waals surface area contributed by atoms with Crippen molar-refractivity contribution in [3.05, 3.63) is 70.3 Å². The number of hydrogen-bond acceptors (Lipinski definition) is 1. The largest absolute Gasteiger partial charge is 0.289 e. The highest BCUT2D eigenvalue weighted by atomic mass is 16.1. The maximum Gasteiger partial charge on any atom is 0.193 e. The van der Waals surface area contributed by atoms with E-state index in [0.717, 1.165) is 28.7 Å². The first-order valence-corrected chi connectivity index (χ1v) is 6.33. The fourth-order valence-corrected chi connectivity index (χ4v) is 2.04. The summed E-state index contributed by atoms with van der Waals surface area (Å²) >= 11 is 0. The minimum Gasteiger partial charge on any atom is -0.289 e. The van der Waals surface area contributed by atoms with Crippen molar-refractivity contribution in [3.63, 3.8) is 0 Å². The summed E-state index contributed by atoms with van der Waals surface area (Å²) in [6.07, 6.45) is 0.998. The molecule has 0 saturated heterocycles. The summed E-state index contributed by atoms with van der Waals surface area (Å²) in [5, 5.41) is 0. The molecule has 2 aromatic rings. The summed E-state index contributed by atoms with van der Waals surface area (Å²) < 4.78 is 0. The van der Waals surface area contributed by atoms with Gasteiger partial charge in [-0.15, -0.1) is 0 Å². The van der Waals surface area contributed by atoms with Crippen LogP contribution in [-0.4, -0.2) is 5.78 Å². The Hall–Kier alpha value is -1.89. The molecule has 0 heterocycles. The van der Waals surface area contributed by atoms with Crippen molar-refractivity contribution >= 4 is 5.78 Å². The SMILES string of the molecule is CCc1ccc(C(=O)c2cccc(C)c2C)cc1. The van der Waals surface area contributed by atoms with Crippen molar-refractivity contribution in [2.75, 3.05) is 0 Å². The second kappa shape index (κ2) is 5.18. The molecule has 0 unspecified atom stereocenters. The molecule has 0 aliphatic heterocycles. The second-order valence-corrected chi connectivity index (χ2v) is 4.63. The Morgan fingerprint density at radius 3 is 2.28 bits per heavy atom. The van der Waals surface area contributed by atoms with Gasteiger partial charge in [0.25, 0.3) is 0 Å². The van der Waals surface area contributed by atoms with Crippen LogP contribution in [0.1, 0.15) is 39.5 Å². The van der Waals surface area contributed by atoms with E-state index in [4.69, 9.17) is 0 Å². The lowest BCUT2D eigenvalue weighted by molar-refractivity contribution is 0.103. The van der Waals surface area contributed by atoms with Crippen LogP contribution >= 0.6 is 0 Å². The van der Waals surface area contributed by atoms with Crippen molar-refractivity contribution in [1.82, 2.24) is 0 Å². The van der Waals surface area contributed by atoms with Gasteiger partial charge in [0.15, 0.2) is 5.78 Å². The Morgan fingerprint density at radius 2 is 1.67 bits per heavy atom. The van der Waals surface area contributed by atoms with Gasteiger partial charge in [0.05, 0.1) is 0 Å². The zero-order valence-electron chi connectivity index (χ0n) is 11.2. The smallest absolute Gasteiger partial charge is 0.193 e. The van der Waals surface area contributed by atoms with Gasteiger partial charge in [-0.2, -0.15) is 0 Å². The van der Waals surface area contributed by atoms with Crippen molar-refractivity contribution in [1.29, 1.82) is 0 Å². The first-order chi connectivity index (χ1) is 8.63. The number of carbonyl (C=O) groups excluding carboxylic acids is 1. The number of benzene rings is 2. The van der Waals surface area contributed by atoms with E-state index in [9.17, 15) is 4.79 Å². The topological polar surface area (TPSA) is 17.1 Å². The molecule has 0 fully saturated rings. The molecule has 0 amide bonds. The molecule has 0 spiro atoms. The van der Waals surface area contributed by atoms with E-state index in [1.54, 1.807) is 0 Å². The van der Waals surface area contributed by atoms with E-state index >= 15 is 0 Å². The summed E-state index contributed by atoms with van der Waals surface area (Å²) in [4.78, 5) is 12.4. The summed E-state index contributed by atoms with van der Waals surface area (Å²) in [7, 11) is 0. The third-order valence-electron chi connectivity index (χ3n) is 3.47. The summed E-state index contributed by atoms with van der Waals surface area (Å²) in [5.41, 5.74) is 5.06. The molecular weight excluding hydrogens is 220 g/mol. The van der Waals surface area contributed by atoms with Crippen LogP contribution in [0.15, 0.2) is 42.5 Å². The van der Waals surface area contributed by atoms with E-state index in [1.165, 1.54) is 5.56 Å². The van der Waals surface area contributed by atoms with E-state index in [1.807, 2.05) is 56.3 Å². The minimum absolute atomic E-state index is 0.110. The summed E-state index contributed by atoms with van der Waals surface area (Å²) in [5.74, 6) is 0.110. The van der Waals surface area contributed by atoms with E-state index in [-0.39, 0.29) is 5.78 Å². The Balaban J connectivity index is 2.38. The predicted molar refractivity (Wildman–Crippen MR) is 75.2 cm³/mol. The van der Waals surface area contributed by atoms with Gasteiger partial charge in [0.1, 0.15) is 0 Å². The summed E-state index contributed by atoms with van der Waals surface area (Å²) in [6, 6.07) is 13.8. The Labute approximate surface area is 108 Å². The maximum absolute atomic E-state index is 12.4. The monoisotopic (exact) mass is 238 g/mol. The van der Waals surface area contributed by atoms with Crippen molar-refractivity contribution in [2.24, 2.45) is 0 Å². The lowest BCUT2D eigenvalue weighted by Crippen LogP contribution is -2.04. The lowest BCUT2D eigenvalue weighted by atomic mass is 9.95. The number of ketones is 1. The highest BCUT2D eigenvalue weighted by Gasteiger charge is 2.12. The van der Waals surface area contributed by atoms with Crippen molar-refractivity contribution < 1.29 is 4.79 Å². The molecule has 2 rings (SSSR count). The molecule has 92 valence electrons. The Kier molecular flexibility index (Phi) is 3.61. The van der Waals surface area contributed by atoms with Crippen molar-refractivity contribution in [3.8, 4) is 0 Å². The van der Waals surface area contributed by atoms with Crippen LogP contribution in [0.25, 0.3) is 0 Å². The number of hydrogen-bond donors (Lipinski definition) is 0. The normalized spacial score (nSPS) is 10.4. The third-order valence-corrected chi connectivity index (χ3v) is 3.47. The van der Waals surface area contributed by atoms with E-state index < -0.39 is 0 Å². The Bertz CT molecular complexity index is 565. The highest BCUT2D eigenvalue weighted by Crippen LogP contribution is 2.17. The van der Waals surface area contributed by atoms with Crippen LogP contribution in [0.2, 0.25) is 0 Å². The van der Waals surface area contributed by atoms with E-state index in [0.29, 0.717) is 0 Å². The molecular formula is C17H18O. The summed E-state index contributed by atoms with van der Waals surface area (Å²) in [6.45, 7) is 6.15. The van der Waals surface area contributed by atoms with Gasteiger partial charge < -0.3 is 0 Å². The van der Waals surface area contributed by atoms with Gasteiger partial charge in [-0.05, 0) is 37.0 Å². The molecule has 2 aromatic carbocycles. The van der Waals surface area contributed by atoms with Gasteiger partial charge in [0, 0.05) is 11.1 Å². The van der Waals surface area contributed by atoms with Crippen LogP contribution in [0.5, 0.6) is 0 Å². The van der Waals surface area contributed by atoms with Crippen LogP contribution < -0.4 is 0 Å². The zero-order valence-corrected chi connectivity index (χ0v) is 11.2. The number of carbonyl (C=O) groups is 1. The first kappa shape index (κ1) is 12.6. The highest BCUT2D eigenvalue weighted by molar-refractivity contribution is 6.10. The fourth-order valence-electron chi connectivity index (χ4n) is 2.04. The number of aryl methyl sites for hydroxylation is 2. The maximum atomic E-state index is 12.4. The molecule has 0 saturated carbocycles. The van der Waals surface area contributed by atoms with Gasteiger partial charge in [-0.3, -0.25) is 4.79 Å². The van der Waals surface area contributed by atoms with E-state index in [2.05, 4.69) is 6.92 Å². The second-order valence-electron chi connectivity index (χ2n) is 4.63. The van der Waals surface area contributed by atoms with Crippen molar-refractivity contribution in [2.45, 2.75) is 27.2 Å². The van der Waals surface area contributed by atoms with Gasteiger partial charge in [0.2, 0.25) is 0 Å². The van der Waals surface area contributed by atoms with Crippen LogP contribution in [-0.2, 0) is 6.42 Å². The molecule has 18 heavy (non-hydrogen) atoms. The molecule has 1 heteroatoms. The van der Waals surface area contributed by atoms with Crippen LogP contribution in [0.4, 0.5) is 0 Å². The van der Waals surface area contributed by atoms with Crippen LogP contribution in [0, 0.1) is 13.8 Å². The average molecular weight is 238 g/mol. The minimum atomic E-state index is 0.110. The standard InChI is InChI=1S/C17H18O/c1-4-14-8-10-15(11-9-14)17(18)16-7-5-6-12(2)13(16)3/h5-11H,4H2,1-3H3. The zero-order chi connectivity index (χ0) is 13.1. The Morgan fingerprint density at radius 1 is 1.00 bits per heavy atom. The lowest BCUT2D eigenvalue weighted by Gasteiger charge is -2.08. The molecule has 0 aromatic heterocycles. The molecule has 0 radical (unpaired) electrons. The molecule has 0 aliphatic rings. The third kappa shape index (κ3) is 2.35. The molecule has 0 aliphatic carbocycles. The van der Waals surface area contributed by atoms with Gasteiger partial charge >= 0.3 is 0 Å².